The SMILES string of the molecule is C[C@H]1CCCN(C(=O)c2nc3c(o2)CCN([C@@H](C)c2ccccc2)C3)C1. The highest BCUT2D eigenvalue weighted by Gasteiger charge is 2.30. The third-order valence-corrected chi connectivity index (χ3v) is 5.71. The quantitative estimate of drug-likeness (QED) is 0.845. The third kappa shape index (κ3) is 3.40. The van der Waals surface area contributed by atoms with Gasteiger partial charge in [-0.05, 0) is 31.2 Å². The van der Waals surface area contributed by atoms with E-state index < -0.39 is 0 Å². The van der Waals surface area contributed by atoms with Gasteiger partial charge in [0.05, 0.1) is 5.69 Å². The van der Waals surface area contributed by atoms with E-state index in [1.165, 1.54) is 12.0 Å². The van der Waals surface area contributed by atoms with Crippen LogP contribution in [-0.2, 0) is 13.0 Å². The van der Waals surface area contributed by atoms with Crippen LogP contribution >= 0.6 is 0 Å². The maximum Gasteiger partial charge on any atom is 0.309 e. The molecule has 2 aromatic rings. The molecule has 2 aliphatic heterocycles. The minimum Gasteiger partial charge on any atom is -0.437 e. The van der Waals surface area contributed by atoms with Crippen LogP contribution in [0.1, 0.15) is 60.4 Å². The van der Waals surface area contributed by atoms with Gasteiger partial charge < -0.3 is 9.32 Å². The number of rotatable bonds is 3. The van der Waals surface area contributed by atoms with Gasteiger partial charge in [0.1, 0.15) is 5.76 Å². The Morgan fingerprint density at radius 3 is 2.85 bits per heavy atom. The van der Waals surface area contributed by atoms with Crippen molar-refractivity contribution in [1.29, 1.82) is 0 Å². The molecule has 0 saturated carbocycles. The Balaban J connectivity index is 1.48. The molecule has 3 heterocycles. The Hall–Kier alpha value is -2.14. The maximum absolute atomic E-state index is 12.8. The normalized spacial score (nSPS) is 22.1. The highest BCUT2D eigenvalue weighted by atomic mass is 16.4. The lowest BCUT2D eigenvalue weighted by atomic mass is 10.0. The molecule has 0 radical (unpaired) electrons. The molecule has 0 bridgehead atoms. The lowest BCUT2D eigenvalue weighted by Gasteiger charge is -2.31. The molecule has 4 rings (SSSR count). The van der Waals surface area contributed by atoms with Crippen LogP contribution in [0.25, 0.3) is 0 Å². The fourth-order valence-electron chi connectivity index (χ4n) is 4.09. The van der Waals surface area contributed by atoms with Crippen molar-refractivity contribution in [3.8, 4) is 0 Å². The van der Waals surface area contributed by atoms with Crippen molar-refractivity contribution in [3.05, 3.63) is 53.2 Å². The molecular formula is C21H27N3O2. The van der Waals surface area contributed by atoms with Crippen molar-refractivity contribution in [2.45, 2.75) is 45.7 Å². The molecule has 1 aromatic carbocycles. The van der Waals surface area contributed by atoms with Gasteiger partial charge >= 0.3 is 5.91 Å². The summed E-state index contributed by atoms with van der Waals surface area (Å²) >= 11 is 0. The Morgan fingerprint density at radius 2 is 2.08 bits per heavy atom. The topological polar surface area (TPSA) is 49.6 Å². The summed E-state index contributed by atoms with van der Waals surface area (Å²) in [6.07, 6.45) is 3.07. The van der Waals surface area contributed by atoms with E-state index in [1.54, 1.807) is 0 Å². The van der Waals surface area contributed by atoms with Gasteiger partial charge in [-0.3, -0.25) is 9.69 Å². The van der Waals surface area contributed by atoms with Crippen LogP contribution in [0.15, 0.2) is 34.7 Å². The summed E-state index contributed by atoms with van der Waals surface area (Å²) in [6.45, 7) is 7.70. The summed E-state index contributed by atoms with van der Waals surface area (Å²) in [4.78, 5) is 21.6. The minimum absolute atomic E-state index is 0.0476. The number of likely N-dealkylation sites (tertiary alicyclic amines) is 1. The summed E-state index contributed by atoms with van der Waals surface area (Å²) in [5.74, 6) is 1.67. The predicted octanol–water partition coefficient (Wildman–Crippen LogP) is 3.67. The van der Waals surface area contributed by atoms with E-state index in [9.17, 15) is 4.79 Å². The number of nitrogens with zero attached hydrogens (tertiary/aromatic N) is 3. The number of carbonyl (C=O) groups is 1. The van der Waals surface area contributed by atoms with E-state index in [0.717, 1.165) is 50.5 Å². The second-order valence-corrected chi connectivity index (χ2v) is 7.69. The zero-order valence-corrected chi connectivity index (χ0v) is 15.6. The first kappa shape index (κ1) is 17.3. The van der Waals surface area contributed by atoms with Crippen molar-refractivity contribution in [2.24, 2.45) is 5.92 Å². The second kappa shape index (κ2) is 7.23. The molecule has 0 spiro atoms. The van der Waals surface area contributed by atoms with Gasteiger partial charge in [-0.1, -0.05) is 37.3 Å². The number of fused-ring (bicyclic) bond motifs is 1. The number of oxazole rings is 1. The van der Waals surface area contributed by atoms with Crippen molar-refractivity contribution in [3.63, 3.8) is 0 Å². The van der Waals surface area contributed by atoms with Crippen molar-refractivity contribution in [2.75, 3.05) is 19.6 Å². The molecule has 1 fully saturated rings. The molecule has 1 aromatic heterocycles. The molecular weight excluding hydrogens is 326 g/mol. The van der Waals surface area contributed by atoms with E-state index in [0.29, 0.717) is 12.0 Å². The van der Waals surface area contributed by atoms with Gasteiger partial charge in [-0.2, -0.15) is 0 Å². The summed E-state index contributed by atoms with van der Waals surface area (Å²) in [5, 5.41) is 0. The van der Waals surface area contributed by atoms with Crippen LogP contribution in [-0.4, -0.2) is 40.3 Å². The molecule has 0 N–H and O–H groups in total. The molecule has 138 valence electrons. The number of benzene rings is 1. The highest BCUT2D eigenvalue weighted by Crippen LogP contribution is 2.28. The zero-order valence-electron chi connectivity index (χ0n) is 15.6. The van der Waals surface area contributed by atoms with Crippen LogP contribution in [0, 0.1) is 5.92 Å². The molecule has 5 nitrogen and oxygen atoms in total. The Kier molecular flexibility index (Phi) is 4.81. The molecule has 5 heteroatoms. The first-order valence-electron chi connectivity index (χ1n) is 9.68. The number of hydrogen-bond donors (Lipinski definition) is 0. The van der Waals surface area contributed by atoms with Gasteiger partial charge in [0.2, 0.25) is 0 Å². The minimum atomic E-state index is -0.0476. The highest BCUT2D eigenvalue weighted by molar-refractivity contribution is 5.89. The molecule has 2 aliphatic rings. The standard InChI is InChI=1S/C21H27N3O2/c1-15-7-6-11-24(13-15)21(25)20-22-18-14-23(12-10-19(18)26-20)16(2)17-8-4-3-5-9-17/h3-5,8-9,15-16H,6-7,10-14H2,1-2H3/t15-,16-/m0/s1. The van der Waals surface area contributed by atoms with Crippen molar-refractivity contribution >= 4 is 5.91 Å². The van der Waals surface area contributed by atoms with Gasteiger partial charge in [0.15, 0.2) is 0 Å². The van der Waals surface area contributed by atoms with Crippen LogP contribution in [0.4, 0.5) is 0 Å². The number of carbonyl (C=O) groups excluding carboxylic acids is 1. The molecule has 2 atom stereocenters. The lowest BCUT2D eigenvalue weighted by Crippen LogP contribution is -2.39. The number of amides is 1. The average molecular weight is 353 g/mol. The number of aromatic nitrogens is 1. The predicted molar refractivity (Wildman–Crippen MR) is 99.8 cm³/mol. The van der Waals surface area contributed by atoms with Crippen molar-refractivity contribution < 1.29 is 9.21 Å². The molecule has 1 saturated heterocycles. The number of piperidine rings is 1. The van der Waals surface area contributed by atoms with E-state index in [4.69, 9.17) is 4.42 Å². The second-order valence-electron chi connectivity index (χ2n) is 7.69. The average Bonchev–Trinajstić information content (AvgIpc) is 3.10. The zero-order chi connectivity index (χ0) is 18.1. The summed E-state index contributed by atoms with van der Waals surface area (Å²) in [5.41, 5.74) is 2.23. The van der Waals surface area contributed by atoms with E-state index >= 15 is 0 Å². The van der Waals surface area contributed by atoms with Gasteiger partial charge in [0, 0.05) is 38.6 Å². The first-order chi connectivity index (χ1) is 12.6. The molecule has 0 aliphatic carbocycles. The third-order valence-electron chi connectivity index (χ3n) is 5.71. The maximum atomic E-state index is 12.8. The Bertz CT molecular complexity index is 771. The summed E-state index contributed by atoms with van der Waals surface area (Å²) in [7, 11) is 0. The van der Waals surface area contributed by atoms with E-state index in [1.807, 2.05) is 11.0 Å². The Morgan fingerprint density at radius 1 is 1.27 bits per heavy atom. The smallest absolute Gasteiger partial charge is 0.309 e. The monoisotopic (exact) mass is 353 g/mol. The van der Waals surface area contributed by atoms with E-state index in [2.05, 4.69) is 48.0 Å². The van der Waals surface area contributed by atoms with Gasteiger partial charge in [-0.25, -0.2) is 4.98 Å². The first-order valence-corrected chi connectivity index (χ1v) is 9.68. The fourth-order valence-corrected chi connectivity index (χ4v) is 4.09. The fraction of sp³-hybridized carbons (Fsp3) is 0.524. The lowest BCUT2D eigenvalue weighted by molar-refractivity contribution is 0.0640. The van der Waals surface area contributed by atoms with Crippen LogP contribution in [0.2, 0.25) is 0 Å². The summed E-state index contributed by atoms with van der Waals surface area (Å²) in [6, 6.07) is 10.8. The molecule has 26 heavy (non-hydrogen) atoms. The van der Waals surface area contributed by atoms with Crippen LogP contribution in [0.3, 0.4) is 0 Å². The summed E-state index contributed by atoms with van der Waals surface area (Å²) < 4.78 is 5.86. The molecule has 1 amide bonds. The van der Waals surface area contributed by atoms with E-state index in [-0.39, 0.29) is 11.8 Å². The Labute approximate surface area is 155 Å². The van der Waals surface area contributed by atoms with Crippen LogP contribution in [0.5, 0.6) is 0 Å². The van der Waals surface area contributed by atoms with Gasteiger partial charge in [0.25, 0.3) is 5.89 Å². The van der Waals surface area contributed by atoms with Gasteiger partial charge in [-0.15, -0.1) is 0 Å². The number of hydrogen-bond acceptors (Lipinski definition) is 4. The largest absolute Gasteiger partial charge is 0.437 e. The van der Waals surface area contributed by atoms with Crippen molar-refractivity contribution in [1.82, 2.24) is 14.8 Å². The molecule has 0 unspecified atom stereocenters. The van der Waals surface area contributed by atoms with Crippen LogP contribution < -0.4 is 0 Å².